The van der Waals surface area contributed by atoms with Gasteiger partial charge in [0.05, 0.1) is 4.75 Å². The normalized spacial score (nSPS) is 22.9. The topological polar surface area (TPSA) is 41.5 Å². The van der Waals surface area contributed by atoms with Crippen LogP contribution in [0.15, 0.2) is 4.99 Å². The molecule has 0 saturated carbocycles. The summed E-state index contributed by atoms with van der Waals surface area (Å²) in [5.74, 6) is 0.858. The molecular formula is C9H16N2OS. The molecule has 1 N–H and O–H groups in total. The van der Waals surface area contributed by atoms with E-state index in [1.807, 2.05) is 13.2 Å². The van der Waals surface area contributed by atoms with Gasteiger partial charge in [-0.2, -0.15) is 11.8 Å². The number of amides is 1. The molecule has 3 nitrogen and oxygen atoms in total. The van der Waals surface area contributed by atoms with E-state index in [-0.39, 0.29) is 16.7 Å². The molecule has 0 radical (unpaired) electrons. The number of nitrogens with zero attached hydrogens (tertiary/aromatic N) is 1. The molecule has 0 saturated heterocycles. The van der Waals surface area contributed by atoms with Gasteiger partial charge >= 0.3 is 0 Å². The van der Waals surface area contributed by atoms with E-state index in [9.17, 15) is 4.79 Å². The summed E-state index contributed by atoms with van der Waals surface area (Å²) in [6, 6.07) is -0.165. The highest BCUT2D eigenvalue weighted by molar-refractivity contribution is 8.00. The zero-order valence-corrected chi connectivity index (χ0v) is 9.36. The standard InChI is InChI=1S/C9H16N2OS/c1-5-6-7(12)11-8(10-6)9(2,3)13-4/h6H,5H2,1-4H3,(H,10,11,12). The number of amidine groups is 1. The van der Waals surface area contributed by atoms with Crippen LogP contribution in [0.5, 0.6) is 0 Å². The monoisotopic (exact) mass is 200 g/mol. The minimum absolute atomic E-state index is 0.0413. The molecule has 0 spiro atoms. The molecule has 1 aliphatic heterocycles. The Labute approximate surface area is 83.4 Å². The van der Waals surface area contributed by atoms with Crippen molar-refractivity contribution in [3.8, 4) is 0 Å². The number of hydrogen-bond donors (Lipinski definition) is 1. The zero-order chi connectivity index (χ0) is 10.1. The molecule has 0 aromatic rings. The molecule has 1 heterocycles. The van der Waals surface area contributed by atoms with Crippen molar-refractivity contribution in [3.05, 3.63) is 0 Å². The minimum atomic E-state index is -0.165. The Morgan fingerprint density at radius 3 is 2.62 bits per heavy atom. The second kappa shape index (κ2) is 3.70. The summed E-state index contributed by atoms with van der Waals surface area (Å²) in [6.45, 7) is 6.10. The lowest BCUT2D eigenvalue weighted by Gasteiger charge is -2.21. The first kappa shape index (κ1) is 10.6. The molecule has 1 amide bonds. The predicted molar refractivity (Wildman–Crippen MR) is 57.3 cm³/mol. The Balaban J connectivity index is 2.80. The van der Waals surface area contributed by atoms with Crippen molar-refractivity contribution >= 4 is 23.5 Å². The van der Waals surface area contributed by atoms with Crippen LogP contribution in [-0.4, -0.2) is 28.8 Å². The van der Waals surface area contributed by atoms with Crippen molar-refractivity contribution in [1.29, 1.82) is 0 Å². The molecule has 74 valence electrons. The van der Waals surface area contributed by atoms with Gasteiger partial charge in [0.2, 0.25) is 5.91 Å². The molecule has 4 heteroatoms. The summed E-state index contributed by atoms with van der Waals surface area (Å²) < 4.78 is -0.0838. The fourth-order valence-corrected chi connectivity index (χ4v) is 1.42. The van der Waals surface area contributed by atoms with Crippen LogP contribution in [0.3, 0.4) is 0 Å². The van der Waals surface area contributed by atoms with Gasteiger partial charge in [-0.3, -0.25) is 9.79 Å². The van der Waals surface area contributed by atoms with E-state index in [4.69, 9.17) is 0 Å². The number of nitrogens with one attached hydrogen (secondary N) is 1. The molecule has 0 aromatic heterocycles. The van der Waals surface area contributed by atoms with Crippen molar-refractivity contribution < 1.29 is 4.79 Å². The molecule has 0 aromatic carbocycles. The number of carbonyl (C=O) groups excluding carboxylic acids is 1. The Hall–Kier alpha value is -0.510. The molecule has 0 bridgehead atoms. The van der Waals surface area contributed by atoms with Crippen LogP contribution in [-0.2, 0) is 4.79 Å². The predicted octanol–water partition coefficient (Wildman–Crippen LogP) is 1.43. The second-order valence-electron chi connectivity index (χ2n) is 3.61. The average molecular weight is 200 g/mol. The van der Waals surface area contributed by atoms with Crippen molar-refractivity contribution in [2.45, 2.75) is 38.0 Å². The molecular weight excluding hydrogens is 184 g/mol. The first-order valence-electron chi connectivity index (χ1n) is 4.45. The van der Waals surface area contributed by atoms with Crippen LogP contribution in [0.1, 0.15) is 27.2 Å². The summed E-state index contributed by atoms with van der Waals surface area (Å²) >= 11 is 1.69. The van der Waals surface area contributed by atoms with Gasteiger partial charge in [0.15, 0.2) is 0 Å². The largest absolute Gasteiger partial charge is 0.311 e. The molecule has 1 rings (SSSR count). The molecule has 1 aliphatic rings. The van der Waals surface area contributed by atoms with Gasteiger partial charge in [0.25, 0.3) is 0 Å². The SMILES string of the molecule is CCC1N=C(C(C)(C)SC)NC1=O. The van der Waals surface area contributed by atoms with E-state index in [1.165, 1.54) is 0 Å². The fourth-order valence-electron chi connectivity index (χ4n) is 1.13. The van der Waals surface area contributed by atoms with Crippen molar-refractivity contribution in [2.75, 3.05) is 6.26 Å². The van der Waals surface area contributed by atoms with E-state index >= 15 is 0 Å². The summed E-state index contributed by atoms with van der Waals surface area (Å²) in [5.41, 5.74) is 0. The summed E-state index contributed by atoms with van der Waals surface area (Å²) in [5, 5.41) is 2.84. The third-order valence-corrected chi connectivity index (χ3v) is 3.51. The third-order valence-electron chi connectivity index (χ3n) is 2.30. The van der Waals surface area contributed by atoms with Crippen LogP contribution in [0.4, 0.5) is 0 Å². The molecule has 1 unspecified atom stereocenters. The summed E-state index contributed by atoms with van der Waals surface area (Å²) in [7, 11) is 0. The van der Waals surface area contributed by atoms with Crippen LogP contribution < -0.4 is 5.32 Å². The van der Waals surface area contributed by atoms with Gasteiger partial charge in [-0.1, -0.05) is 6.92 Å². The highest BCUT2D eigenvalue weighted by Crippen LogP contribution is 2.25. The lowest BCUT2D eigenvalue weighted by Crippen LogP contribution is -2.39. The Bertz CT molecular complexity index is 248. The van der Waals surface area contributed by atoms with Gasteiger partial charge < -0.3 is 5.32 Å². The Kier molecular flexibility index (Phi) is 3.01. The average Bonchev–Trinajstić information content (AvgIpc) is 2.47. The van der Waals surface area contributed by atoms with Crippen molar-refractivity contribution in [1.82, 2.24) is 5.32 Å². The minimum Gasteiger partial charge on any atom is -0.311 e. The molecule has 0 aliphatic carbocycles. The van der Waals surface area contributed by atoms with E-state index in [2.05, 4.69) is 24.2 Å². The van der Waals surface area contributed by atoms with E-state index in [1.54, 1.807) is 11.8 Å². The zero-order valence-electron chi connectivity index (χ0n) is 8.55. The first-order chi connectivity index (χ1) is 6.01. The maximum atomic E-state index is 11.3. The maximum absolute atomic E-state index is 11.3. The second-order valence-corrected chi connectivity index (χ2v) is 5.03. The highest BCUT2D eigenvalue weighted by Gasteiger charge is 2.33. The van der Waals surface area contributed by atoms with Gasteiger partial charge in [0, 0.05) is 0 Å². The smallest absolute Gasteiger partial charge is 0.250 e. The summed E-state index contributed by atoms with van der Waals surface area (Å²) in [4.78, 5) is 15.7. The Morgan fingerprint density at radius 2 is 2.23 bits per heavy atom. The van der Waals surface area contributed by atoms with Crippen LogP contribution >= 0.6 is 11.8 Å². The van der Waals surface area contributed by atoms with E-state index in [0.29, 0.717) is 0 Å². The van der Waals surface area contributed by atoms with Crippen LogP contribution in [0.2, 0.25) is 0 Å². The first-order valence-corrected chi connectivity index (χ1v) is 5.68. The molecule has 13 heavy (non-hydrogen) atoms. The number of carbonyl (C=O) groups is 1. The van der Waals surface area contributed by atoms with E-state index < -0.39 is 0 Å². The number of aliphatic imine (C=N–C) groups is 1. The van der Waals surface area contributed by atoms with Gasteiger partial charge in [-0.05, 0) is 26.5 Å². The lowest BCUT2D eigenvalue weighted by atomic mass is 10.2. The quantitative estimate of drug-likeness (QED) is 0.749. The van der Waals surface area contributed by atoms with Gasteiger partial charge in [0.1, 0.15) is 11.9 Å². The maximum Gasteiger partial charge on any atom is 0.250 e. The number of thioether (sulfide) groups is 1. The molecule has 0 fully saturated rings. The highest BCUT2D eigenvalue weighted by atomic mass is 32.2. The summed E-state index contributed by atoms with van der Waals surface area (Å²) in [6.07, 6.45) is 2.80. The third kappa shape index (κ3) is 2.05. The number of rotatable bonds is 3. The van der Waals surface area contributed by atoms with E-state index in [0.717, 1.165) is 12.3 Å². The van der Waals surface area contributed by atoms with Crippen LogP contribution in [0.25, 0.3) is 0 Å². The van der Waals surface area contributed by atoms with Crippen molar-refractivity contribution in [3.63, 3.8) is 0 Å². The molecule has 1 atom stereocenters. The lowest BCUT2D eigenvalue weighted by molar-refractivity contribution is -0.120. The fraction of sp³-hybridized carbons (Fsp3) is 0.778. The Morgan fingerprint density at radius 1 is 1.62 bits per heavy atom. The van der Waals surface area contributed by atoms with Crippen LogP contribution in [0, 0.1) is 0 Å². The van der Waals surface area contributed by atoms with Gasteiger partial charge in [-0.25, -0.2) is 0 Å². The van der Waals surface area contributed by atoms with Crippen molar-refractivity contribution in [2.24, 2.45) is 4.99 Å². The van der Waals surface area contributed by atoms with Gasteiger partial charge in [-0.15, -0.1) is 0 Å². The number of hydrogen-bond acceptors (Lipinski definition) is 3.